The van der Waals surface area contributed by atoms with Gasteiger partial charge in [0, 0.05) is 11.3 Å². The van der Waals surface area contributed by atoms with Gasteiger partial charge in [0.1, 0.15) is 5.75 Å². The van der Waals surface area contributed by atoms with Crippen LogP contribution in [-0.4, -0.2) is 26.6 Å². The second-order valence-electron chi connectivity index (χ2n) is 5.28. The van der Waals surface area contributed by atoms with Crippen molar-refractivity contribution in [2.24, 2.45) is 0 Å². The number of hydrogen-bond donors (Lipinski definition) is 1. The lowest BCUT2D eigenvalue weighted by molar-refractivity contribution is 0.104. The molecule has 25 heavy (non-hydrogen) atoms. The van der Waals surface area contributed by atoms with Crippen molar-refractivity contribution in [1.82, 2.24) is 0 Å². The summed E-state index contributed by atoms with van der Waals surface area (Å²) in [4.78, 5) is 12.2. The van der Waals surface area contributed by atoms with E-state index in [4.69, 9.17) is 4.74 Å². The van der Waals surface area contributed by atoms with Crippen molar-refractivity contribution in [2.75, 3.05) is 17.1 Å². The third-order valence-electron chi connectivity index (χ3n) is 3.44. The topological polar surface area (TPSA) is 72.5 Å². The molecule has 0 aromatic heterocycles. The average molecular weight is 359 g/mol. The van der Waals surface area contributed by atoms with Crippen LogP contribution >= 0.6 is 0 Å². The third-order valence-corrected chi connectivity index (χ3v) is 4.75. The molecule has 0 spiro atoms. The van der Waals surface area contributed by atoms with E-state index in [-0.39, 0.29) is 11.5 Å². The largest absolute Gasteiger partial charge is 0.494 e. The Bertz CT molecular complexity index is 838. The maximum Gasteiger partial charge on any atom is 0.232 e. The zero-order valence-corrected chi connectivity index (χ0v) is 15.0. The van der Waals surface area contributed by atoms with Gasteiger partial charge in [-0.05, 0) is 61.9 Å². The van der Waals surface area contributed by atoms with Gasteiger partial charge in [-0.2, -0.15) is 0 Å². The summed E-state index contributed by atoms with van der Waals surface area (Å²) in [6, 6.07) is 13.8. The summed E-state index contributed by atoms with van der Waals surface area (Å²) in [6.45, 7) is 4.09. The van der Waals surface area contributed by atoms with Gasteiger partial charge < -0.3 is 4.74 Å². The molecule has 2 aromatic carbocycles. The molecule has 0 saturated carbocycles. The van der Waals surface area contributed by atoms with Crippen LogP contribution < -0.4 is 9.46 Å². The number of hydrogen-bond acceptors (Lipinski definition) is 4. The first kappa shape index (κ1) is 18.7. The second kappa shape index (κ2) is 8.48. The molecule has 0 amide bonds. The molecule has 0 bridgehead atoms. The second-order valence-corrected chi connectivity index (χ2v) is 7.29. The van der Waals surface area contributed by atoms with Crippen molar-refractivity contribution in [3.63, 3.8) is 0 Å². The van der Waals surface area contributed by atoms with Gasteiger partial charge in [0.15, 0.2) is 5.78 Å². The molecule has 0 saturated heterocycles. The van der Waals surface area contributed by atoms with Crippen molar-refractivity contribution in [1.29, 1.82) is 0 Å². The fourth-order valence-electron chi connectivity index (χ4n) is 2.06. The van der Waals surface area contributed by atoms with Crippen LogP contribution in [0.25, 0.3) is 6.08 Å². The van der Waals surface area contributed by atoms with Gasteiger partial charge in [-0.1, -0.05) is 18.2 Å². The minimum Gasteiger partial charge on any atom is -0.494 e. The van der Waals surface area contributed by atoms with Crippen LogP contribution in [0.2, 0.25) is 0 Å². The highest BCUT2D eigenvalue weighted by atomic mass is 32.2. The summed E-state index contributed by atoms with van der Waals surface area (Å²) in [6.07, 6.45) is 3.21. The molecule has 0 atom stereocenters. The molecule has 0 fully saturated rings. The van der Waals surface area contributed by atoms with Gasteiger partial charge in [0.2, 0.25) is 10.0 Å². The molecule has 0 unspecified atom stereocenters. The van der Waals surface area contributed by atoms with E-state index in [9.17, 15) is 13.2 Å². The molecule has 0 aliphatic rings. The van der Waals surface area contributed by atoms with E-state index in [1.807, 2.05) is 31.2 Å². The van der Waals surface area contributed by atoms with Gasteiger partial charge in [-0.15, -0.1) is 0 Å². The van der Waals surface area contributed by atoms with E-state index in [2.05, 4.69) is 4.72 Å². The number of allylic oxidation sites excluding steroid dienone is 1. The van der Waals surface area contributed by atoms with Crippen molar-refractivity contribution in [3.05, 3.63) is 65.7 Å². The molecule has 2 rings (SSSR count). The lowest BCUT2D eigenvalue weighted by Gasteiger charge is -2.06. The minimum absolute atomic E-state index is 0.00148. The number of sulfonamides is 1. The highest BCUT2D eigenvalue weighted by molar-refractivity contribution is 7.92. The summed E-state index contributed by atoms with van der Waals surface area (Å²) in [5.41, 5.74) is 1.82. The highest BCUT2D eigenvalue weighted by Crippen LogP contribution is 2.15. The minimum atomic E-state index is -3.32. The van der Waals surface area contributed by atoms with Crippen molar-refractivity contribution < 1.29 is 17.9 Å². The van der Waals surface area contributed by atoms with E-state index in [0.29, 0.717) is 17.9 Å². The molecular formula is C19H21NO4S. The zero-order valence-electron chi connectivity index (χ0n) is 14.2. The fraction of sp³-hybridized carbons (Fsp3) is 0.211. The Kier molecular flexibility index (Phi) is 6.36. The SMILES string of the molecule is CCOc1ccc(C=CC(=O)c2ccc(NS(=O)(=O)CC)cc2)cc1. The van der Waals surface area contributed by atoms with Crippen molar-refractivity contribution >= 4 is 27.6 Å². The van der Waals surface area contributed by atoms with Crippen LogP contribution in [0.4, 0.5) is 5.69 Å². The Labute approximate surface area is 148 Å². The standard InChI is InChI=1S/C19H21NO4S/c1-3-24-18-12-5-15(6-13-18)7-14-19(21)16-8-10-17(11-9-16)20-25(22,23)4-2/h5-14,20H,3-4H2,1-2H3. The first-order valence-corrected chi connectivity index (χ1v) is 9.64. The number of carbonyl (C=O) groups excluding carboxylic acids is 1. The third kappa shape index (κ3) is 5.76. The quantitative estimate of drug-likeness (QED) is 0.576. The molecule has 0 aliphatic carbocycles. The Morgan fingerprint density at radius 3 is 2.24 bits per heavy atom. The molecule has 5 nitrogen and oxygen atoms in total. The first-order chi connectivity index (χ1) is 11.9. The van der Waals surface area contributed by atoms with Gasteiger partial charge in [-0.25, -0.2) is 8.42 Å². The van der Waals surface area contributed by atoms with E-state index in [0.717, 1.165) is 11.3 Å². The van der Waals surface area contributed by atoms with Crippen LogP contribution in [0, 0.1) is 0 Å². The Morgan fingerprint density at radius 1 is 1.04 bits per heavy atom. The molecule has 0 aliphatic heterocycles. The number of ether oxygens (including phenoxy) is 1. The number of ketones is 1. The van der Waals surface area contributed by atoms with E-state index >= 15 is 0 Å². The summed E-state index contributed by atoms with van der Waals surface area (Å²) in [7, 11) is -3.32. The van der Waals surface area contributed by atoms with Crippen molar-refractivity contribution in [3.8, 4) is 5.75 Å². The fourth-order valence-corrected chi connectivity index (χ4v) is 2.70. The van der Waals surface area contributed by atoms with Crippen molar-refractivity contribution in [2.45, 2.75) is 13.8 Å². The summed E-state index contributed by atoms with van der Waals surface area (Å²) >= 11 is 0. The number of anilines is 1. The number of nitrogens with one attached hydrogen (secondary N) is 1. The summed E-state index contributed by atoms with van der Waals surface area (Å²) in [5, 5.41) is 0. The lowest BCUT2D eigenvalue weighted by atomic mass is 10.1. The summed E-state index contributed by atoms with van der Waals surface area (Å²) in [5.74, 6) is 0.633. The van der Waals surface area contributed by atoms with E-state index < -0.39 is 10.0 Å². The smallest absolute Gasteiger partial charge is 0.232 e. The number of carbonyl (C=O) groups is 1. The van der Waals surface area contributed by atoms with Crippen LogP contribution in [0.15, 0.2) is 54.6 Å². The Morgan fingerprint density at radius 2 is 1.68 bits per heavy atom. The monoisotopic (exact) mass is 359 g/mol. The van der Waals surface area contributed by atoms with Crippen LogP contribution in [-0.2, 0) is 10.0 Å². The number of rotatable bonds is 8. The highest BCUT2D eigenvalue weighted by Gasteiger charge is 2.07. The van der Waals surface area contributed by atoms with E-state index in [1.54, 1.807) is 37.3 Å². The molecular weight excluding hydrogens is 338 g/mol. The molecule has 0 heterocycles. The van der Waals surface area contributed by atoms with Gasteiger partial charge in [0.05, 0.1) is 12.4 Å². The van der Waals surface area contributed by atoms with Crippen LogP contribution in [0.5, 0.6) is 5.75 Å². The lowest BCUT2D eigenvalue weighted by Crippen LogP contribution is -2.14. The maximum absolute atomic E-state index is 12.2. The van der Waals surface area contributed by atoms with Gasteiger partial charge in [-0.3, -0.25) is 9.52 Å². The van der Waals surface area contributed by atoms with E-state index in [1.165, 1.54) is 6.08 Å². The summed E-state index contributed by atoms with van der Waals surface area (Å²) < 4.78 is 30.8. The molecule has 132 valence electrons. The molecule has 6 heteroatoms. The van der Waals surface area contributed by atoms with Crippen LogP contribution in [0.3, 0.4) is 0 Å². The Hall–Kier alpha value is -2.60. The van der Waals surface area contributed by atoms with Gasteiger partial charge >= 0.3 is 0 Å². The molecule has 2 aromatic rings. The molecule has 1 N–H and O–H groups in total. The maximum atomic E-state index is 12.2. The molecule has 0 radical (unpaired) electrons. The number of benzene rings is 2. The van der Waals surface area contributed by atoms with Crippen LogP contribution in [0.1, 0.15) is 29.8 Å². The average Bonchev–Trinajstić information content (AvgIpc) is 2.61. The first-order valence-electron chi connectivity index (χ1n) is 7.99. The zero-order chi connectivity index (χ0) is 18.3. The predicted octanol–water partition coefficient (Wildman–Crippen LogP) is 3.74. The van der Waals surface area contributed by atoms with Gasteiger partial charge in [0.25, 0.3) is 0 Å². The predicted molar refractivity (Wildman–Crippen MR) is 101 cm³/mol. The Balaban J connectivity index is 2.02. The normalized spacial score (nSPS) is 11.4.